The van der Waals surface area contributed by atoms with E-state index < -0.39 is 6.10 Å². The Morgan fingerprint density at radius 2 is 0.591 bits per heavy atom. The molecule has 0 amide bonds. The Balaban J connectivity index is 4.39. The summed E-state index contributed by atoms with van der Waals surface area (Å²) in [6, 6.07) is 0. The van der Waals surface area contributed by atoms with Gasteiger partial charge in [-0.1, -0.05) is 254 Å². The van der Waals surface area contributed by atoms with Crippen molar-refractivity contribution in [1.29, 1.82) is 0 Å². The van der Waals surface area contributed by atoms with Crippen molar-refractivity contribution in [3.8, 4) is 0 Å². The Hall–Kier alpha value is -3.41. The quantitative estimate of drug-likeness (QED) is 0.0262. The third-order valence-corrected chi connectivity index (χ3v) is 11.7. The molecular formula is C60H102O6. The van der Waals surface area contributed by atoms with Crippen LogP contribution in [0, 0.1) is 0 Å². The molecule has 0 N–H and O–H groups in total. The summed E-state index contributed by atoms with van der Waals surface area (Å²) >= 11 is 0. The van der Waals surface area contributed by atoms with Crippen molar-refractivity contribution in [2.45, 2.75) is 264 Å². The molecule has 1 unspecified atom stereocenters. The van der Waals surface area contributed by atoms with Crippen LogP contribution in [-0.4, -0.2) is 37.2 Å². The van der Waals surface area contributed by atoms with E-state index in [2.05, 4.69) is 106 Å². The van der Waals surface area contributed by atoms with Crippen molar-refractivity contribution < 1.29 is 28.6 Å². The highest BCUT2D eigenvalue weighted by Crippen LogP contribution is 2.15. The van der Waals surface area contributed by atoms with Gasteiger partial charge >= 0.3 is 17.9 Å². The average molecular weight is 919 g/mol. The molecule has 378 valence electrons. The fourth-order valence-electron chi connectivity index (χ4n) is 7.55. The first-order valence-corrected chi connectivity index (χ1v) is 27.6. The van der Waals surface area contributed by atoms with Crippen LogP contribution < -0.4 is 0 Å². The summed E-state index contributed by atoms with van der Waals surface area (Å²) in [5.41, 5.74) is 0. The first kappa shape index (κ1) is 62.6. The first-order valence-electron chi connectivity index (χ1n) is 27.6. The van der Waals surface area contributed by atoms with Crippen LogP contribution in [-0.2, 0) is 28.6 Å². The van der Waals surface area contributed by atoms with Gasteiger partial charge in [-0.3, -0.25) is 14.4 Å². The van der Waals surface area contributed by atoms with Gasteiger partial charge in [0.25, 0.3) is 0 Å². The molecule has 0 saturated heterocycles. The lowest BCUT2D eigenvalue weighted by Crippen LogP contribution is -2.30. The van der Waals surface area contributed by atoms with Crippen LogP contribution in [0.25, 0.3) is 0 Å². The molecule has 0 aliphatic rings. The average Bonchev–Trinajstić information content (AvgIpc) is 3.31. The van der Waals surface area contributed by atoms with Crippen molar-refractivity contribution in [2.75, 3.05) is 13.2 Å². The zero-order valence-electron chi connectivity index (χ0n) is 43.2. The highest BCUT2D eigenvalue weighted by atomic mass is 16.6. The van der Waals surface area contributed by atoms with Crippen LogP contribution in [0.5, 0.6) is 0 Å². The molecule has 0 aromatic heterocycles. The second kappa shape index (κ2) is 54.2. The Morgan fingerprint density at radius 3 is 0.924 bits per heavy atom. The monoisotopic (exact) mass is 919 g/mol. The molecular weight excluding hydrogens is 817 g/mol. The third kappa shape index (κ3) is 51.6. The van der Waals surface area contributed by atoms with Gasteiger partial charge in [0.1, 0.15) is 13.2 Å². The molecule has 0 rings (SSSR count). The summed E-state index contributed by atoms with van der Waals surface area (Å²) in [5.74, 6) is -0.951. The van der Waals surface area contributed by atoms with Crippen LogP contribution in [0.2, 0.25) is 0 Å². The number of carbonyl (C=O) groups excluding carboxylic acids is 3. The molecule has 0 saturated carbocycles. The number of hydrogen-bond acceptors (Lipinski definition) is 6. The molecule has 6 heteroatoms. The van der Waals surface area contributed by atoms with Crippen molar-refractivity contribution >= 4 is 17.9 Å². The van der Waals surface area contributed by atoms with Gasteiger partial charge in [-0.15, -0.1) is 0 Å². The number of carbonyl (C=O) groups is 3. The van der Waals surface area contributed by atoms with Crippen molar-refractivity contribution in [2.24, 2.45) is 0 Å². The van der Waals surface area contributed by atoms with E-state index in [0.717, 1.165) is 89.9 Å². The van der Waals surface area contributed by atoms with Crippen LogP contribution in [0.3, 0.4) is 0 Å². The molecule has 0 aromatic rings. The maximum atomic E-state index is 12.8. The predicted octanol–water partition coefficient (Wildman–Crippen LogP) is 18.4. The topological polar surface area (TPSA) is 78.9 Å². The van der Waals surface area contributed by atoms with Gasteiger partial charge in [0.2, 0.25) is 0 Å². The normalized spacial score (nSPS) is 12.7. The Labute approximate surface area is 407 Å². The zero-order chi connectivity index (χ0) is 47.9. The van der Waals surface area contributed by atoms with Crippen molar-refractivity contribution in [3.05, 3.63) is 85.1 Å². The summed E-state index contributed by atoms with van der Waals surface area (Å²) in [7, 11) is 0. The number of unbranched alkanes of at least 4 members (excludes halogenated alkanes) is 24. The van der Waals surface area contributed by atoms with E-state index in [1.807, 2.05) is 0 Å². The Morgan fingerprint density at radius 1 is 0.318 bits per heavy atom. The van der Waals surface area contributed by atoms with E-state index in [9.17, 15) is 14.4 Å². The predicted molar refractivity (Wildman–Crippen MR) is 284 cm³/mol. The smallest absolute Gasteiger partial charge is 0.306 e. The van der Waals surface area contributed by atoms with Crippen LogP contribution >= 0.6 is 0 Å². The van der Waals surface area contributed by atoms with Gasteiger partial charge in [0, 0.05) is 19.3 Å². The number of ether oxygens (including phenoxy) is 3. The minimum absolute atomic E-state index is 0.0917. The van der Waals surface area contributed by atoms with Gasteiger partial charge in [-0.25, -0.2) is 0 Å². The van der Waals surface area contributed by atoms with E-state index in [1.165, 1.54) is 122 Å². The molecule has 66 heavy (non-hydrogen) atoms. The summed E-state index contributed by atoms with van der Waals surface area (Å²) < 4.78 is 16.8. The van der Waals surface area contributed by atoms with E-state index in [0.29, 0.717) is 19.3 Å². The maximum absolute atomic E-state index is 12.8. The lowest BCUT2D eigenvalue weighted by molar-refractivity contribution is -0.167. The molecule has 0 heterocycles. The first-order chi connectivity index (χ1) is 32.5. The van der Waals surface area contributed by atoms with Crippen LogP contribution in [0.15, 0.2) is 85.1 Å². The van der Waals surface area contributed by atoms with E-state index in [1.54, 1.807) is 0 Å². The summed E-state index contributed by atoms with van der Waals surface area (Å²) in [6.45, 7) is 6.47. The molecule has 0 aromatic carbocycles. The van der Waals surface area contributed by atoms with Crippen LogP contribution in [0.4, 0.5) is 0 Å². The van der Waals surface area contributed by atoms with E-state index in [-0.39, 0.29) is 37.5 Å². The van der Waals surface area contributed by atoms with Gasteiger partial charge in [-0.05, 0) is 70.6 Å². The molecule has 1 atom stereocenters. The van der Waals surface area contributed by atoms with Crippen molar-refractivity contribution in [3.63, 3.8) is 0 Å². The molecule has 0 aliphatic carbocycles. The largest absolute Gasteiger partial charge is 0.462 e. The van der Waals surface area contributed by atoms with Gasteiger partial charge in [0.05, 0.1) is 0 Å². The zero-order valence-corrected chi connectivity index (χ0v) is 43.2. The minimum Gasteiger partial charge on any atom is -0.462 e. The highest BCUT2D eigenvalue weighted by Gasteiger charge is 2.19. The standard InChI is InChI=1S/C60H102O6/c1-4-7-10-13-16-19-21-23-25-27-28-29-30-31-32-33-35-36-38-41-44-47-50-53-59(62)65-56-57(55-64-58(61)52-49-46-43-40-18-15-12-9-6-3)66-60(63)54-51-48-45-42-39-37-34-26-24-22-20-17-14-11-8-5-2/h7,10,16,19,23,25,28-29,31-32,35-36,41,44,57H,4-6,8-9,11-15,17-18,20-22,24,26-27,30,33-34,37-40,42-43,45-56H2,1-3H3/b10-7-,19-16-,25-23-,29-28-,32-31-,36-35-,44-41-. The number of rotatable bonds is 49. The lowest BCUT2D eigenvalue weighted by Gasteiger charge is -2.18. The maximum Gasteiger partial charge on any atom is 0.306 e. The highest BCUT2D eigenvalue weighted by molar-refractivity contribution is 5.71. The lowest BCUT2D eigenvalue weighted by atomic mass is 10.0. The fourth-order valence-corrected chi connectivity index (χ4v) is 7.55. The summed E-state index contributed by atoms with van der Waals surface area (Å²) in [5, 5.41) is 0. The molecule has 0 bridgehead atoms. The number of allylic oxidation sites excluding steroid dienone is 14. The second-order valence-corrected chi connectivity index (χ2v) is 18.1. The van der Waals surface area contributed by atoms with Crippen LogP contribution in [0.1, 0.15) is 258 Å². The molecule has 0 fully saturated rings. The molecule has 0 aliphatic heterocycles. The Kier molecular flexibility index (Phi) is 51.4. The SMILES string of the molecule is CC/C=C\C/C=C\C/C=C\C/C=C\C/C=C\C/C=C\C/C=C\CCCC(=O)OCC(COC(=O)CCCCCCCCCCC)OC(=O)CCCCCCCCCCCCCCCCCC. The molecule has 0 spiro atoms. The van der Waals surface area contributed by atoms with E-state index in [4.69, 9.17) is 14.2 Å². The van der Waals surface area contributed by atoms with Gasteiger partial charge < -0.3 is 14.2 Å². The van der Waals surface area contributed by atoms with E-state index >= 15 is 0 Å². The summed E-state index contributed by atoms with van der Waals surface area (Å²) in [4.78, 5) is 38.0. The second-order valence-electron chi connectivity index (χ2n) is 18.1. The van der Waals surface area contributed by atoms with Crippen molar-refractivity contribution in [1.82, 2.24) is 0 Å². The van der Waals surface area contributed by atoms with Gasteiger partial charge in [0.15, 0.2) is 6.10 Å². The number of esters is 3. The van der Waals surface area contributed by atoms with Gasteiger partial charge in [-0.2, -0.15) is 0 Å². The fraction of sp³-hybridized carbons (Fsp3) is 0.717. The summed E-state index contributed by atoms with van der Waals surface area (Å²) in [6.07, 6.45) is 70.1. The third-order valence-electron chi connectivity index (χ3n) is 11.7. The minimum atomic E-state index is -0.795. The Bertz CT molecular complexity index is 1290. The molecule has 0 radical (unpaired) electrons. The molecule has 6 nitrogen and oxygen atoms in total. The number of hydrogen-bond donors (Lipinski definition) is 0.